The van der Waals surface area contributed by atoms with Gasteiger partial charge >= 0.3 is 0 Å². The lowest BCUT2D eigenvalue weighted by molar-refractivity contribution is 0.0690. The number of nitrogens with zero attached hydrogens (tertiary/aromatic N) is 5. The molecule has 0 aromatic carbocycles. The fourth-order valence-corrected chi connectivity index (χ4v) is 4.00. The number of aromatic nitrogens is 4. The molecule has 0 saturated carbocycles. The van der Waals surface area contributed by atoms with Crippen molar-refractivity contribution in [2.45, 2.75) is 39.9 Å². The highest BCUT2D eigenvalue weighted by molar-refractivity contribution is 7.13. The standard InChI is InChI=1S/C22H23N5OS/c1-4-27-21-18(13-24-27)17(12-19(25-21)20-9-7-11-29-20)22(28)26(15(2)3)14-16-8-5-6-10-23-16/h5-13,15H,4,14H2,1-3H3. The van der Waals surface area contributed by atoms with Gasteiger partial charge in [-0.25, -0.2) is 9.67 Å². The van der Waals surface area contributed by atoms with E-state index in [1.807, 2.05) is 72.1 Å². The van der Waals surface area contributed by atoms with Crippen LogP contribution in [0.5, 0.6) is 0 Å². The average Bonchev–Trinajstić information content (AvgIpc) is 3.41. The molecular formula is C22H23N5OS. The second kappa shape index (κ2) is 8.13. The van der Waals surface area contributed by atoms with Crippen molar-refractivity contribution in [3.8, 4) is 10.6 Å². The molecule has 0 aliphatic rings. The van der Waals surface area contributed by atoms with Crippen molar-refractivity contribution in [1.82, 2.24) is 24.6 Å². The molecule has 7 heteroatoms. The minimum Gasteiger partial charge on any atom is -0.330 e. The molecule has 4 rings (SSSR count). The molecule has 0 spiro atoms. The number of amides is 1. The number of hydrogen-bond donors (Lipinski definition) is 0. The molecule has 148 valence electrons. The van der Waals surface area contributed by atoms with Gasteiger partial charge in [-0.05, 0) is 50.4 Å². The summed E-state index contributed by atoms with van der Waals surface area (Å²) in [5, 5.41) is 7.24. The van der Waals surface area contributed by atoms with E-state index in [9.17, 15) is 4.79 Å². The number of pyridine rings is 2. The van der Waals surface area contributed by atoms with Crippen molar-refractivity contribution >= 4 is 28.3 Å². The molecule has 4 aromatic rings. The van der Waals surface area contributed by atoms with Gasteiger partial charge in [-0.1, -0.05) is 12.1 Å². The molecule has 0 bridgehead atoms. The van der Waals surface area contributed by atoms with Gasteiger partial charge in [-0.2, -0.15) is 5.10 Å². The van der Waals surface area contributed by atoms with E-state index < -0.39 is 0 Å². The topological polar surface area (TPSA) is 63.9 Å². The average molecular weight is 406 g/mol. The molecule has 4 aromatic heterocycles. The zero-order valence-electron chi connectivity index (χ0n) is 16.7. The second-order valence-electron chi connectivity index (χ2n) is 7.08. The lowest BCUT2D eigenvalue weighted by Crippen LogP contribution is -2.36. The predicted octanol–water partition coefficient (Wildman–Crippen LogP) is 4.63. The van der Waals surface area contributed by atoms with E-state index in [0.29, 0.717) is 18.7 Å². The van der Waals surface area contributed by atoms with Crippen molar-refractivity contribution in [2.24, 2.45) is 0 Å². The van der Waals surface area contributed by atoms with Gasteiger partial charge in [-0.15, -0.1) is 11.3 Å². The third-order valence-corrected chi connectivity index (χ3v) is 5.75. The Bertz CT molecular complexity index is 1120. The van der Waals surface area contributed by atoms with Crippen LogP contribution in [0, 0.1) is 0 Å². The molecule has 1 amide bonds. The smallest absolute Gasteiger partial charge is 0.255 e. The monoisotopic (exact) mass is 405 g/mol. The van der Waals surface area contributed by atoms with Crippen molar-refractivity contribution in [3.05, 3.63) is 65.4 Å². The maximum absolute atomic E-state index is 13.7. The van der Waals surface area contributed by atoms with Crippen molar-refractivity contribution in [1.29, 1.82) is 0 Å². The first-order chi connectivity index (χ1) is 14.1. The van der Waals surface area contributed by atoms with Gasteiger partial charge in [0.25, 0.3) is 5.91 Å². The maximum atomic E-state index is 13.7. The van der Waals surface area contributed by atoms with Gasteiger partial charge in [0.05, 0.1) is 40.0 Å². The molecule has 0 aliphatic heterocycles. The molecule has 0 N–H and O–H groups in total. The Hall–Kier alpha value is -3.06. The largest absolute Gasteiger partial charge is 0.330 e. The minimum absolute atomic E-state index is 0.0270. The summed E-state index contributed by atoms with van der Waals surface area (Å²) in [5.41, 5.74) is 3.03. The molecule has 0 aliphatic carbocycles. The zero-order valence-corrected chi connectivity index (χ0v) is 17.6. The molecule has 0 fully saturated rings. The van der Waals surface area contributed by atoms with Crippen molar-refractivity contribution < 1.29 is 4.79 Å². The number of hydrogen-bond acceptors (Lipinski definition) is 5. The molecule has 0 saturated heterocycles. The van der Waals surface area contributed by atoms with Gasteiger partial charge in [-0.3, -0.25) is 9.78 Å². The Morgan fingerprint density at radius 2 is 2.10 bits per heavy atom. The van der Waals surface area contributed by atoms with Crippen LogP contribution in [0.25, 0.3) is 21.6 Å². The molecule has 0 atom stereocenters. The number of rotatable bonds is 6. The van der Waals surface area contributed by atoms with Crippen LogP contribution in [-0.4, -0.2) is 36.6 Å². The second-order valence-corrected chi connectivity index (χ2v) is 8.03. The summed E-state index contributed by atoms with van der Waals surface area (Å²) < 4.78 is 1.84. The zero-order chi connectivity index (χ0) is 20.4. The van der Waals surface area contributed by atoms with Gasteiger partial charge in [0, 0.05) is 18.8 Å². The summed E-state index contributed by atoms with van der Waals surface area (Å²) in [7, 11) is 0. The quantitative estimate of drug-likeness (QED) is 0.469. The summed E-state index contributed by atoms with van der Waals surface area (Å²) >= 11 is 1.61. The molecule has 4 heterocycles. The number of carbonyl (C=O) groups excluding carboxylic acids is 1. The van der Waals surface area contributed by atoms with E-state index in [-0.39, 0.29) is 11.9 Å². The highest BCUT2D eigenvalue weighted by Crippen LogP contribution is 2.29. The normalized spacial score (nSPS) is 11.3. The van der Waals surface area contributed by atoms with Crippen molar-refractivity contribution in [2.75, 3.05) is 0 Å². The predicted molar refractivity (Wildman–Crippen MR) is 116 cm³/mol. The summed E-state index contributed by atoms with van der Waals surface area (Å²) in [6.07, 6.45) is 3.50. The summed E-state index contributed by atoms with van der Waals surface area (Å²) in [4.78, 5) is 25.7. The Kier molecular flexibility index (Phi) is 5.40. The summed E-state index contributed by atoms with van der Waals surface area (Å²) in [6, 6.07) is 11.7. The van der Waals surface area contributed by atoms with Crippen LogP contribution in [0.3, 0.4) is 0 Å². The Morgan fingerprint density at radius 3 is 2.76 bits per heavy atom. The number of carbonyl (C=O) groups is 1. The first kappa shape index (κ1) is 19.3. The SMILES string of the molecule is CCn1ncc2c(C(=O)N(Cc3ccccn3)C(C)C)cc(-c3cccs3)nc21. The van der Waals surface area contributed by atoms with Crippen LogP contribution in [-0.2, 0) is 13.1 Å². The van der Waals surface area contributed by atoms with Crippen LogP contribution in [0.4, 0.5) is 0 Å². The van der Waals surface area contributed by atoms with E-state index in [4.69, 9.17) is 4.98 Å². The van der Waals surface area contributed by atoms with Gasteiger partial charge < -0.3 is 4.90 Å². The van der Waals surface area contributed by atoms with E-state index in [1.165, 1.54) is 0 Å². The Labute approximate surface area is 173 Å². The van der Waals surface area contributed by atoms with E-state index in [2.05, 4.69) is 10.1 Å². The maximum Gasteiger partial charge on any atom is 0.255 e. The van der Waals surface area contributed by atoms with Gasteiger partial charge in [0.1, 0.15) is 0 Å². The molecule has 6 nitrogen and oxygen atoms in total. The van der Waals surface area contributed by atoms with E-state index in [0.717, 1.165) is 27.3 Å². The first-order valence-corrected chi connectivity index (χ1v) is 10.6. The lowest BCUT2D eigenvalue weighted by Gasteiger charge is -2.27. The van der Waals surface area contributed by atoms with Crippen LogP contribution >= 0.6 is 11.3 Å². The number of fused-ring (bicyclic) bond motifs is 1. The summed E-state index contributed by atoms with van der Waals surface area (Å²) in [5.74, 6) is -0.0356. The molecule has 0 unspecified atom stereocenters. The first-order valence-electron chi connectivity index (χ1n) is 9.69. The van der Waals surface area contributed by atoms with E-state index in [1.54, 1.807) is 23.7 Å². The Balaban J connectivity index is 1.82. The lowest BCUT2D eigenvalue weighted by atomic mass is 10.1. The van der Waals surface area contributed by atoms with Gasteiger partial charge in [0.2, 0.25) is 0 Å². The fraction of sp³-hybridized carbons (Fsp3) is 0.273. The number of aryl methyl sites for hydroxylation is 1. The van der Waals surface area contributed by atoms with Crippen molar-refractivity contribution in [3.63, 3.8) is 0 Å². The third kappa shape index (κ3) is 3.78. The van der Waals surface area contributed by atoms with Gasteiger partial charge in [0.15, 0.2) is 5.65 Å². The highest BCUT2D eigenvalue weighted by atomic mass is 32.1. The highest BCUT2D eigenvalue weighted by Gasteiger charge is 2.24. The minimum atomic E-state index is -0.0356. The van der Waals surface area contributed by atoms with E-state index >= 15 is 0 Å². The molecule has 0 radical (unpaired) electrons. The fourth-order valence-electron chi connectivity index (χ4n) is 3.32. The summed E-state index contributed by atoms with van der Waals surface area (Å²) in [6.45, 7) is 7.22. The molecule has 29 heavy (non-hydrogen) atoms. The van der Waals surface area contributed by atoms with Crippen LogP contribution in [0.1, 0.15) is 36.8 Å². The molecular weight excluding hydrogens is 382 g/mol. The number of thiophene rings is 1. The third-order valence-electron chi connectivity index (χ3n) is 4.86. The van der Waals surface area contributed by atoms with Crippen LogP contribution in [0.2, 0.25) is 0 Å². The van der Waals surface area contributed by atoms with Crippen LogP contribution < -0.4 is 0 Å². The van der Waals surface area contributed by atoms with Crippen LogP contribution in [0.15, 0.2) is 54.2 Å². The Morgan fingerprint density at radius 1 is 1.24 bits per heavy atom.